The molecule has 0 aromatic heterocycles. The zero-order valence-corrected chi connectivity index (χ0v) is 12.6. The van der Waals surface area contributed by atoms with Crippen molar-refractivity contribution in [3.8, 4) is 0 Å². The van der Waals surface area contributed by atoms with Gasteiger partial charge in [-0.05, 0) is 19.9 Å². The zero-order valence-electron chi connectivity index (χ0n) is 11.8. The van der Waals surface area contributed by atoms with E-state index < -0.39 is 5.97 Å². The molecule has 0 aliphatic heterocycles. The topological polar surface area (TPSA) is 49.8 Å². The van der Waals surface area contributed by atoms with Gasteiger partial charge in [-0.15, -0.1) is 12.4 Å². The molecule has 4 nitrogen and oxygen atoms in total. The Bertz CT molecular complexity index is 271. The van der Waals surface area contributed by atoms with Crippen LogP contribution >= 0.6 is 12.4 Å². The minimum atomic E-state index is -0.765. The Hall–Kier alpha value is -0.320. The summed E-state index contributed by atoms with van der Waals surface area (Å²) >= 11 is 0. The van der Waals surface area contributed by atoms with Crippen LogP contribution in [0.1, 0.15) is 40.0 Å². The zero-order chi connectivity index (χ0) is 13.1. The molecule has 2 unspecified atom stereocenters. The quantitative estimate of drug-likeness (QED) is 0.727. The third-order valence-corrected chi connectivity index (χ3v) is 3.86. The minimum Gasteiger partial charge on any atom is -0.480 e. The summed E-state index contributed by atoms with van der Waals surface area (Å²) in [5, 5.41) is 8.79. The number of aliphatic carboxylic acids is 1. The van der Waals surface area contributed by atoms with Gasteiger partial charge in [0.15, 0.2) is 0 Å². The number of carbonyl (C=O) groups is 1. The van der Waals surface area contributed by atoms with E-state index in [4.69, 9.17) is 9.84 Å². The Morgan fingerprint density at radius 3 is 2.56 bits per heavy atom. The number of hydrogen-bond acceptors (Lipinski definition) is 3. The monoisotopic (exact) mass is 279 g/mol. The van der Waals surface area contributed by atoms with E-state index in [9.17, 15) is 4.79 Å². The second-order valence-electron chi connectivity index (χ2n) is 5.59. The van der Waals surface area contributed by atoms with Gasteiger partial charge >= 0.3 is 5.97 Å². The van der Waals surface area contributed by atoms with Crippen molar-refractivity contribution < 1.29 is 14.6 Å². The Morgan fingerprint density at radius 2 is 2.11 bits per heavy atom. The number of carboxylic acids is 1. The van der Waals surface area contributed by atoms with E-state index in [1.807, 2.05) is 11.9 Å². The van der Waals surface area contributed by atoms with Gasteiger partial charge < -0.3 is 9.84 Å². The van der Waals surface area contributed by atoms with Crippen LogP contribution in [-0.4, -0.2) is 48.3 Å². The van der Waals surface area contributed by atoms with E-state index in [-0.39, 0.29) is 30.5 Å². The number of nitrogens with zero attached hydrogens (tertiary/aromatic N) is 1. The summed E-state index contributed by atoms with van der Waals surface area (Å²) in [6.07, 6.45) is 3.47. The van der Waals surface area contributed by atoms with Crippen LogP contribution in [0.2, 0.25) is 0 Å². The number of hydrogen-bond donors (Lipinski definition) is 1. The molecule has 1 saturated carbocycles. The summed E-state index contributed by atoms with van der Waals surface area (Å²) in [7, 11) is 1.88. The lowest BCUT2D eigenvalue weighted by molar-refractivity contribution is -0.158. The number of likely N-dealkylation sites (N-methyl/N-ethyl adjacent to an activating group) is 1. The van der Waals surface area contributed by atoms with E-state index in [0.29, 0.717) is 6.04 Å². The van der Waals surface area contributed by atoms with Gasteiger partial charge in [-0.3, -0.25) is 9.69 Å². The second kappa shape index (κ2) is 7.31. The number of ether oxygens (including phenoxy) is 1. The summed E-state index contributed by atoms with van der Waals surface area (Å²) in [6, 6.07) is 0.310. The van der Waals surface area contributed by atoms with Crippen LogP contribution in [0.3, 0.4) is 0 Å². The fourth-order valence-corrected chi connectivity index (χ4v) is 2.59. The molecule has 18 heavy (non-hydrogen) atoms. The molecule has 5 heteroatoms. The normalized spacial score (nSPS) is 25.4. The molecule has 0 heterocycles. The van der Waals surface area contributed by atoms with E-state index in [1.165, 1.54) is 0 Å². The molecular weight excluding hydrogens is 254 g/mol. The molecule has 0 saturated heterocycles. The molecule has 0 aromatic rings. The lowest BCUT2D eigenvalue weighted by atomic mass is 9.64. The molecule has 1 rings (SSSR count). The first-order chi connectivity index (χ1) is 7.89. The van der Waals surface area contributed by atoms with E-state index in [0.717, 1.165) is 25.9 Å². The lowest BCUT2D eigenvalue weighted by Crippen LogP contribution is -2.61. The van der Waals surface area contributed by atoms with Crippen molar-refractivity contribution in [1.82, 2.24) is 4.90 Å². The first kappa shape index (κ1) is 17.7. The molecular formula is C13H26ClNO3. The third kappa shape index (κ3) is 4.11. The van der Waals surface area contributed by atoms with E-state index in [2.05, 4.69) is 20.8 Å². The van der Waals surface area contributed by atoms with Crippen molar-refractivity contribution in [3.63, 3.8) is 0 Å². The standard InChI is InChI=1S/C13H25NO3.ClH/c1-5-6-7-17-11-8-10(13(11,2)3)14(4)9-12(15)16;/h10-11H,5-9H2,1-4H3,(H,15,16);1H. The maximum absolute atomic E-state index is 10.7. The molecule has 0 spiro atoms. The van der Waals surface area contributed by atoms with Gasteiger partial charge in [-0.2, -0.15) is 0 Å². The molecule has 108 valence electrons. The highest BCUT2D eigenvalue weighted by Gasteiger charge is 2.50. The Balaban J connectivity index is 0.00000289. The van der Waals surface area contributed by atoms with Crippen molar-refractivity contribution in [2.24, 2.45) is 5.41 Å². The molecule has 1 aliphatic rings. The summed E-state index contributed by atoms with van der Waals surface area (Å²) in [4.78, 5) is 12.6. The van der Waals surface area contributed by atoms with Crippen molar-refractivity contribution in [1.29, 1.82) is 0 Å². The molecule has 0 bridgehead atoms. The maximum Gasteiger partial charge on any atom is 0.317 e. The molecule has 0 amide bonds. The van der Waals surface area contributed by atoms with Gasteiger partial charge in [-0.1, -0.05) is 27.2 Å². The van der Waals surface area contributed by atoms with Gasteiger partial charge in [0, 0.05) is 18.1 Å². The predicted molar refractivity (Wildman–Crippen MR) is 74.3 cm³/mol. The first-order valence-electron chi connectivity index (χ1n) is 6.43. The largest absolute Gasteiger partial charge is 0.480 e. The highest BCUT2D eigenvalue weighted by atomic mass is 35.5. The fraction of sp³-hybridized carbons (Fsp3) is 0.923. The molecule has 0 radical (unpaired) electrons. The molecule has 2 atom stereocenters. The molecule has 0 aromatic carbocycles. The van der Waals surface area contributed by atoms with Crippen LogP contribution in [0.5, 0.6) is 0 Å². The van der Waals surface area contributed by atoms with Crippen molar-refractivity contribution in [2.45, 2.75) is 52.2 Å². The van der Waals surface area contributed by atoms with Crippen LogP contribution in [-0.2, 0) is 9.53 Å². The van der Waals surface area contributed by atoms with Gasteiger partial charge in [-0.25, -0.2) is 0 Å². The van der Waals surface area contributed by atoms with Gasteiger partial charge in [0.25, 0.3) is 0 Å². The SMILES string of the molecule is CCCCOC1CC(N(C)CC(=O)O)C1(C)C.Cl. The van der Waals surface area contributed by atoms with Gasteiger partial charge in [0.05, 0.1) is 12.6 Å². The summed E-state index contributed by atoms with van der Waals surface area (Å²) in [5.41, 5.74) is 0.0535. The molecule has 1 aliphatic carbocycles. The lowest BCUT2D eigenvalue weighted by Gasteiger charge is -2.54. The summed E-state index contributed by atoms with van der Waals surface area (Å²) < 4.78 is 5.84. The minimum absolute atomic E-state index is 0. The third-order valence-electron chi connectivity index (χ3n) is 3.86. The first-order valence-corrected chi connectivity index (χ1v) is 6.43. The van der Waals surface area contributed by atoms with Crippen LogP contribution in [0, 0.1) is 5.41 Å². The summed E-state index contributed by atoms with van der Waals surface area (Å²) in [6.45, 7) is 7.40. The summed E-state index contributed by atoms with van der Waals surface area (Å²) in [5.74, 6) is -0.765. The highest BCUT2D eigenvalue weighted by molar-refractivity contribution is 5.85. The second-order valence-corrected chi connectivity index (χ2v) is 5.59. The fourth-order valence-electron chi connectivity index (χ4n) is 2.59. The maximum atomic E-state index is 10.7. The van der Waals surface area contributed by atoms with Crippen LogP contribution in [0.15, 0.2) is 0 Å². The molecule has 1 N–H and O–H groups in total. The van der Waals surface area contributed by atoms with Crippen molar-refractivity contribution in [2.75, 3.05) is 20.2 Å². The Labute approximate surface area is 116 Å². The van der Waals surface area contributed by atoms with Crippen LogP contribution in [0.4, 0.5) is 0 Å². The van der Waals surface area contributed by atoms with Crippen LogP contribution < -0.4 is 0 Å². The van der Waals surface area contributed by atoms with Gasteiger partial charge in [0.1, 0.15) is 0 Å². The number of rotatable bonds is 7. The molecule has 1 fully saturated rings. The van der Waals surface area contributed by atoms with E-state index >= 15 is 0 Å². The number of unbranched alkanes of at least 4 members (excludes halogenated alkanes) is 1. The van der Waals surface area contributed by atoms with E-state index in [1.54, 1.807) is 0 Å². The predicted octanol–water partition coefficient (Wildman–Crippen LogP) is 2.41. The average Bonchev–Trinajstić information content (AvgIpc) is 2.21. The Morgan fingerprint density at radius 1 is 1.50 bits per heavy atom. The highest BCUT2D eigenvalue weighted by Crippen LogP contribution is 2.45. The van der Waals surface area contributed by atoms with Crippen molar-refractivity contribution >= 4 is 18.4 Å². The van der Waals surface area contributed by atoms with Gasteiger partial charge in [0.2, 0.25) is 0 Å². The average molecular weight is 280 g/mol. The van der Waals surface area contributed by atoms with Crippen molar-refractivity contribution in [3.05, 3.63) is 0 Å². The Kier molecular flexibility index (Phi) is 7.18. The smallest absolute Gasteiger partial charge is 0.317 e. The number of halogens is 1. The number of carboxylic acid groups (broad SMARTS) is 1. The van der Waals surface area contributed by atoms with Crippen LogP contribution in [0.25, 0.3) is 0 Å².